The molecule has 1 atom stereocenters. The third-order valence-corrected chi connectivity index (χ3v) is 5.78. The fourth-order valence-electron chi connectivity index (χ4n) is 4.39. The van der Waals surface area contributed by atoms with E-state index in [-0.39, 0.29) is 6.67 Å². The Bertz CT molecular complexity index is 224. The molecule has 0 aromatic carbocycles. The van der Waals surface area contributed by atoms with E-state index in [0.29, 0.717) is 5.92 Å². The molecule has 0 radical (unpaired) electrons. The van der Waals surface area contributed by atoms with E-state index in [1.165, 1.54) is 70.6 Å². The van der Waals surface area contributed by atoms with Gasteiger partial charge in [-0.1, -0.05) is 64.7 Å². The summed E-state index contributed by atoms with van der Waals surface area (Å²) in [5.41, 5.74) is 0. The predicted molar refractivity (Wildman–Crippen MR) is 81.0 cm³/mol. The van der Waals surface area contributed by atoms with Crippen molar-refractivity contribution in [3.63, 3.8) is 0 Å². The Labute approximate surface area is 119 Å². The first kappa shape index (κ1) is 15.3. The van der Waals surface area contributed by atoms with Crippen LogP contribution in [-0.2, 0) is 0 Å². The molecule has 2 aliphatic carbocycles. The zero-order valence-electron chi connectivity index (χ0n) is 12.9. The van der Waals surface area contributed by atoms with Gasteiger partial charge in [-0.2, -0.15) is 0 Å². The Kier molecular flexibility index (Phi) is 6.67. The van der Waals surface area contributed by atoms with E-state index in [2.05, 4.69) is 0 Å². The monoisotopic (exact) mass is 268 g/mol. The first-order valence-electron chi connectivity index (χ1n) is 8.85. The molecule has 1 unspecified atom stereocenters. The second-order valence-electron chi connectivity index (χ2n) is 7.37. The third kappa shape index (κ3) is 5.08. The van der Waals surface area contributed by atoms with E-state index in [9.17, 15) is 4.39 Å². The van der Waals surface area contributed by atoms with Gasteiger partial charge in [0.25, 0.3) is 0 Å². The molecule has 2 saturated carbocycles. The maximum Gasteiger partial charge on any atom is 0.0919 e. The third-order valence-electron chi connectivity index (χ3n) is 5.78. The number of halogens is 1. The molecule has 0 N–H and O–H groups in total. The van der Waals surface area contributed by atoms with Crippen LogP contribution < -0.4 is 0 Å². The minimum absolute atomic E-state index is 0.131. The minimum Gasteiger partial charge on any atom is -0.251 e. The summed E-state index contributed by atoms with van der Waals surface area (Å²) < 4.78 is 12.4. The average molecular weight is 268 g/mol. The average Bonchev–Trinajstić information content (AvgIpc) is 2.48. The Hall–Kier alpha value is -0.0700. The highest BCUT2D eigenvalue weighted by Gasteiger charge is 2.28. The fraction of sp³-hybridized carbons (Fsp3) is 1.00. The molecule has 0 aliphatic heterocycles. The first-order valence-corrected chi connectivity index (χ1v) is 8.85. The molecule has 2 fully saturated rings. The van der Waals surface area contributed by atoms with Crippen LogP contribution in [0, 0.1) is 23.7 Å². The highest BCUT2D eigenvalue weighted by molar-refractivity contribution is 4.80. The zero-order valence-corrected chi connectivity index (χ0v) is 12.9. The van der Waals surface area contributed by atoms with Crippen LogP contribution in [0.3, 0.4) is 0 Å². The summed E-state index contributed by atoms with van der Waals surface area (Å²) in [6.07, 6.45) is 17.1. The van der Waals surface area contributed by atoms with Crippen molar-refractivity contribution in [2.45, 2.75) is 84.0 Å². The van der Waals surface area contributed by atoms with Gasteiger partial charge in [0.15, 0.2) is 0 Å². The van der Waals surface area contributed by atoms with Gasteiger partial charge in [-0.05, 0) is 42.9 Å². The molecule has 0 aromatic rings. The molecule has 0 nitrogen and oxygen atoms in total. The summed E-state index contributed by atoms with van der Waals surface area (Å²) in [5, 5.41) is 0. The van der Waals surface area contributed by atoms with Crippen molar-refractivity contribution in [1.29, 1.82) is 0 Å². The molecule has 112 valence electrons. The van der Waals surface area contributed by atoms with Gasteiger partial charge in [-0.25, -0.2) is 0 Å². The van der Waals surface area contributed by atoms with Gasteiger partial charge in [0, 0.05) is 0 Å². The highest BCUT2D eigenvalue weighted by atomic mass is 19.1. The largest absolute Gasteiger partial charge is 0.251 e. The van der Waals surface area contributed by atoms with Crippen LogP contribution in [0.2, 0.25) is 0 Å². The lowest BCUT2D eigenvalue weighted by atomic mass is 9.70. The van der Waals surface area contributed by atoms with E-state index in [0.717, 1.165) is 24.2 Å². The maximum absolute atomic E-state index is 12.4. The van der Waals surface area contributed by atoms with E-state index < -0.39 is 0 Å². The van der Waals surface area contributed by atoms with Crippen LogP contribution in [0.25, 0.3) is 0 Å². The van der Waals surface area contributed by atoms with Gasteiger partial charge in [-0.15, -0.1) is 0 Å². The quantitative estimate of drug-likeness (QED) is 0.542. The normalized spacial score (nSPS) is 31.3. The summed E-state index contributed by atoms with van der Waals surface area (Å²) >= 11 is 0. The van der Waals surface area contributed by atoms with Crippen molar-refractivity contribution in [3.05, 3.63) is 0 Å². The molecule has 0 aromatic heterocycles. The summed E-state index contributed by atoms with van der Waals surface area (Å²) in [6.45, 7) is 1.91. The van der Waals surface area contributed by atoms with Crippen molar-refractivity contribution < 1.29 is 4.39 Å². The lowest BCUT2D eigenvalue weighted by Gasteiger charge is -2.36. The lowest BCUT2D eigenvalue weighted by molar-refractivity contribution is 0.161. The van der Waals surface area contributed by atoms with Gasteiger partial charge >= 0.3 is 0 Å². The molecule has 0 bridgehead atoms. The maximum atomic E-state index is 12.4. The highest BCUT2D eigenvalue weighted by Crippen LogP contribution is 2.41. The summed E-state index contributed by atoms with van der Waals surface area (Å²) in [4.78, 5) is 0. The smallest absolute Gasteiger partial charge is 0.0919 e. The van der Waals surface area contributed by atoms with Gasteiger partial charge in [0.05, 0.1) is 6.67 Å². The molecule has 1 heteroatoms. The van der Waals surface area contributed by atoms with Crippen molar-refractivity contribution >= 4 is 0 Å². The van der Waals surface area contributed by atoms with Crippen LogP contribution in [0.4, 0.5) is 4.39 Å². The number of hydrogen-bond acceptors (Lipinski definition) is 0. The van der Waals surface area contributed by atoms with Crippen molar-refractivity contribution in [3.8, 4) is 0 Å². The van der Waals surface area contributed by atoms with E-state index in [1.807, 2.05) is 6.92 Å². The van der Waals surface area contributed by atoms with Crippen LogP contribution in [0.5, 0.6) is 0 Å². The Balaban J connectivity index is 1.59. The van der Waals surface area contributed by atoms with Crippen LogP contribution in [-0.4, -0.2) is 6.67 Å². The molecule has 0 amide bonds. The van der Waals surface area contributed by atoms with Crippen molar-refractivity contribution in [1.82, 2.24) is 0 Å². The molecule has 2 rings (SSSR count). The summed E-state index contributed by atoms with van der Waals surface area (Å²) in [7, 11) is 0. The zero-order chi connectivity index (χ0) is 13.5. The Morgan fingerprint density at radius 3 is 2.16 bits per heavy atom. The van der Waals surface area contributed by atoms with Gasteiger partial charge in [0.2, 0.25) is 0 Å². The number of hydrogen-bond donors (Lipinski definition) is 0. The summed E-state index contributed by atoms with van der Waals surface area (Å²) in [5.74, 6) is 3.38. The van der Waals surface area contributed by atoms with Crippen molar-refractivity contribution in [2.24, 2.45) is 23.7 Å². The van der Waals surface area contributed by atoms with E-state index >= 15 is 0 Å². The van der Waals surface area contributed by atoms with Gasteiger partial charge in [-0.3, -0.25) is 4.39 Å². The molecular formula is C18H33F. The van der Waals surface area contributed by atoms with Crippen LogP contribution >= 0.6 is 0 Å². The lowest BCUT2D eigenvalue weighted by Crippen LogP contribution is -2.23. The first-order chi connectivity index (χ1) is 9.29. The predicted octanol–water partition coefficient (Wildman–Crippen LogP) is 6.15. The fourth-order valence-corrected chi connectivity index (χ4v) is 4.39. The van der Waals surface area contributed by atoms with Crippen LogP contribution in [0.1, 0.15) is 84.0 Å². The standard InChI is InChI=1S/C18H33F/c1-15(14-19)6-5-7-16-10-12-18(13-11-16)17-8-3-2-4-9-17/h15-18H,2-14H2,1H3. The van der Waals surface area contributed by atoms with E-state index in [1.54, 1.807) is 0 Å². The van der Waals surface area contributed by atoms with E-state index in [4.69, 9.17) is 0 Å². The second-order valence-corrected chi connectivity index (χ2v) is 7.37. The Morgan fingerprint density at radius 1 is 0.895 bits per heavy atom. The summed E-state index contributed by atoms with van der Waals surface area (Å²) in [6, 6.07) is 0. The molecule has 19 heavy (non-hydrogen) atoms. The molecule has 0 heterocycles. The number of rotatable bonds is 6. The molecule has 0 spiro atoms. The SMILES string of the molecule is CC(CF)CCCC1CCC(C2CCCCC2)CC1. The van der Waals surface area contributed by atoms with Crippen molar-refractivity contribution in [2.75, 3.05) is 6.67 Å². The van der Waals surface area contributed by atoms with Crippen LogP contribution in [0.15, 0.2) is 0 Å². The topological polar surface area (TPSA) is 0 Å². The van der Waals surface area contributed by atoms with Gasteiger partial charge < -0.3 is 0 Å². The Morgan fingerprint density at radius 2 is 1.53 bits per heavy atom. The minimum atomic E-state index is -0.131. The second kappa shape index (κ2) is 8.27. The molecular weight excluding hydrogens is 235 g/mol. The van der Waals surface area contributed by atoms with Gasteiger partial charge in [0.1, 0.15) is 0 Å². The molecule has 2 aliphatic rings. The number of alkyl halides is 1. The molecule has 0 saturated heterocycles.